The molecule has 2 aromatic heterocycles. The van der Waals surface area contributed by atoms with E-state index in [0.29, 0.717) is 39.0 Å². The van der Waals surface area contributed by atoms with Crippen molar-refractivity contribution in [2.75, 3.05) is 14.2 Å². The van der Waals surface area contributed by atoms with Crippen LogP contribution < -0.4 is 15.0 Å². The molecule has 0 fully saturated rings. The molecule has 0 unspecified atom stereocenters. The first-order valence-corrected chi connectivity index (χ1v) is 10.2. The molecule has 0 amide bonds. The van der Waals surface area contributed by atoms with Gasteiger partial charge in [0.25, 0.3) is 5.56 Å². The Morgan fingerprint density at radius 2 is 1.88 bits per heavy atom. The second kappa shape index (κ2) is 8.98. The van der Waals surface area contributed by atoms with Gasteiger partial charge in [-0.2, -0.15) is 0 Å². The molecule has 9 nitrogen and oxygen atoms in total. The number of hydrogen-bond donors (Lipinski definition) is 0. The molecular formula is C22H17N3O6S. The topological polar surface area (TPSA) is 110 Å². The third kappa shape index (κ3) is 4.08. The Balaban J connectivity index is 1.79. The van der Waals surface area contributed by atoms with E-state index in [9.17, 15) is 14.9 Å². The highest BCUT2D eigenvalue weighted by molar-refractivity contribution is 8.02. The summed E-state index contributed by atoms with van der Waals surface area (Å²) in [5, 5.41) is 13.3. The second-order valence-electron chi connectivity index (χ2n) is 6.45. The maximum Gasteiger partial charge on any atom is 0.433 e. The Morgan fingerprint density at radius 1 is 1.09 bits per heavy atom. The van der Waals surface area contributed by atoms with Crippen LogP contribution in [0.15, 0.2) is 74.4 Å². The van der Waals surface area contributed by atoms with E-state index in [4.69, 9.17) is 13.9 Å². The Hall–Kier alpha value is -4.05. The van der Waals surface area contributed by atoms with Gasteiger partial charge in [0.15, 0.2) is 16.7 Å². The molecule has 0 spiro atoms. The van der Waals surface area contributed by atoms with Crippen molar-refractivity contribution >= 4 is 34.6 Å². The Morgan fingerprint density at radius 3 is 2.59 bits per heavy atom. The van der Waals surface area contributed by atoms with Crippen molar-refractivity contribution in [2.45, 2.75) is 5.16 Å². The number of furan rings is 1. The zero-order chi connectivity index (χ0) is 22.7. The Bertz CT molecular complexity index is 1390. The van der Waals surface area contributed by atoms with E-state index in [2.05, 4.69) is 4.98 Å². The maximum atomic E-state index is 13.3. The maximum absolute atomic E-state index is 13.3. The molecule has 0 aliphatic carbocycles. The lowest BCUT2D eigenvalue weighted by Crippen LogP contribution is -2.21. The molecule has 4 rings (SSSR count). The summed E-state index contributed by atoms with van der Waals surface area (Å²) >= 11 is 1.18. The van der Waals surface area contributed by atoms with Gasteiger partial charge in [-0.3, -0.25) is 19.5 Å². The Labute approximate surface area is 186 Å². The first kappa shape index (κ1) is 21.2. The van der Waals surface area contributed by atoms with Crippen LogP contribution in [-0.2, 0) is 0 Å². The van der Waals surface area contributed by atoms with Crippen molar-refractivity contribution in [3.05, 3.63) is 86.2 Å². The van der Waals surface area contributed by atoms with E-state index >= 15 is 0 Å². The number of fused-ring (bicyclic) bond motifs is 1. The minimum absolute atomic E-state index is 0.243. The van der Waals surface area contributed by atoms with Crippen LogP contribution in [0.2, 0.25) is 0 Å². The van der Waals surface area contributed by atoms with E-state index in [1.54, 1.807) is 47.9 Å². The number of thioether (sulfide) groups is 1. The van der Waals surface area contributed by atoms with Crippen molar-refractivity contribution in [2.24, 2.45) is 0 Å². The molecule has 32 heavy (non-hydrogen) atoms. The fraction of sp³-hybridized carbons (Fsp3) is 0.0909. The van der Waals surface area contributed by atoms with Gasteiger partial charge in [-0.1, -0.05) is 23.9 Å². The molecule has 0 bridgehead atoms. The van der Waals surface area contributed by atoms with Crippen LogP contribution in [-0.4, -0.2) is 28.7 Å². The highest BCUT2D eigenvalue weighted by Crippen LogP contribution is 2.31. The number of benzene rings is 2. The van der Waals surface area contributed by atoms with E-state index in [0.717, 1.165) is 0 Å². The first-order chi connectivity index (χ1) is 15.5. The number of hydrogen-bond acceptors (Lipinski definition) is 8. The van der Waals surface area contributed by atoms with Crippen LogP contribution in [0.1, 0.15) is 5.76 Å². The number of rotatable bonds is 7. The highest BCUT2D eigenvalue weighted by Gasteiger charge is 2.15. The molecule has 162 valence electrons. The van der Waals surface area contributed by atoms with Gasteiger partial charge in [-0.25, -0.2) is 4.98 Å². The summed E-state index contributed by atoms with van der Waals surface area (Å²) in [4.78, 5) is 28.2. The van der Waals surface area contributed by atoms with Crippen LogP contribution in [0.25, 0.3) is 22.7 Å². The van der Waals surface area contributed by atoms with Crippen molar-refractivity contribution in [1.82, 2.24) is 9.55 Å². The van der Waals surface area contributed by atoms with Gasteiger partial charge in [0, 0.05) is 6.07 Å². The number of nitro groups is 1. The number of nitrogens with zero attached hydrogens (tertiary/aromatic N) is 3. The second-order valence-corrected chi connectivity index (χ2v) is 7.32. The quantitative estimate of drug-likeness (QED) is 0.173. The number of ether oxygens (including phenoxy) is 2. The zero-order valence-electron chi connectivity index (χ0n) is 17.1. The fourth-order valence-corrected chi connectivity index (χ4v) is 3.84. The standard InChI is InChI=1S/C22H17N3O6S/c1-29-18-9-7-14(13-19(18)30-2)24-21(26)16-5-3-4-6-17(16)23-22(24)32-12-11-15-8-10-20(31-15)25(27)28/h3-13H,1-2H3/b12-11+. The number of methoxy groups -OCH3 is 2. The van der Waals surface area contributed by atoms with Gasteiger partial charge in [-0.05, 0) is 41.8 Å². The molecule has 4 aromatic rings. The van der Waals surface area contributed by atoms with Gasteiger partial charge in [-0.15, -0.1) is 0 Å². The largest absolute Gasteiger partial charge is 0.493 e. The third-order valence-electron chi connectivity index (χ3n) is 4.57. The van der Waals surface area contributed by atoms with Gasteiger partial charge in [0.2, 0.25) is 0 Å². The average Bonchev–Trinajstić information content (AvgIpc) is 3.28. The van der Waals surface area contributed by atoms with Crippen molar-refractivity contribution < 1.29 is 18.8 Å². The number of aromatic nitrogens is 2. The van der Waals surface area contributed by atoms with Gasteiger partial charge in [0.05, 0.1) is 36.9 Å². The summed E-state index contributed by atoms with van der Waals surface area (Å²) in [5.41, 5.74) is 0.863. The zero-order valence-corrected chi connectivity index (χ0v) is 17.9. The van der Waals surface area contributed by atoms with Crippen LogP contribution in [0, 0.1) is 10.1 Å². The van der Waals surface area contributed by atoms with Crippen molar-refractivity contribution in [3.63, 3.8) is 0 Å². The van der Waals surface area contributed by atoms with Crippen LogP contribution in [0.4, 0.5) is 5.88 Å². The minimum atomic E-state index is -0.607. The normalized spacial score (nSPS) is 11.2. The molecule has 2 aromatic carbocycles. The van der Waals surface area contributed by atoms with Gasteiger partial charge >= 0.3 is 5.88 Å². The van der Waals surface area contributed by atoms with E-state index in [1.165, 1.54) is 42.7 Å². The monoisotopic (exact) mass is 451 g/mol. The van der Waals surface area contributed by atoms with E-state index in [-0.39, 0.29) is 11.4 Å². The van der Waals surface area contributed by atoms with Crippen LogP contribution in [0.5, 0.6) is 11.5 Å². The summed E-state index contributed by atoms with van der Waals surface area (Å²) < 4.78 is 17.3. The van der Waals surface area contributed by atoms with Gasteiger partial charge < -0.3 is 13.9 Å². The lowest BCUT2D eigenvalue weighted by atomic mass is 10.2. The summed E-state index contributed by atoms with van der Waals surface area (Å²) in [5.74, 6) is 0.969. The molecule has 2 heterocycles. The molecule has 0 atom stereocenters. The molecule has 0 radical (unpaired) electrons. The average molecular weight is 451 g/mol. The predicted molar refractivity (Wildman–Crippen MR) is 121 cm³/mol. The molecule has 10 heteroatoms. The first-order valence-electron chi connectivity index (χ1n) is 9.33. The van der Waals surface area contributed by atoms with Crippen molar-refractivity contribution in [3.8, 4) is 17.2 Å². The van der Waals surface area contributed by atoms with E-state index < -0.39 is 4.92 Å². The molecule has 0 aliphatic heterocycles. The molecule has 0 saturated heterocycles. The van der Waals surface area contributed by atoms with Crippen LogP contribution >= 0.6 is 11.8 Å². The summed E-state index contributed by atoms with van der Waals surface area (Å²) in [7, 11) is 3.05. The van der Waals surface area contributed by atoms with Crippen molar-refractivity contribution in [1.29, 1.82) is 0 Å². The smallest absolute Gasteiger partial charge is 0.433 e. The lowest BCUT2D eigenvalue weighted by Gasteiger charge is -2.14. The highest BCUT2D eigenvalue weighted by atomic mass is 32.2. The summed E-state index contributed by atoms with van der Waals surface area (Å²) in [6.45, 7) is 0. The molecule has 0 aliphatic rings. The SMILES string of the molecule is COc1ccc(-n2c(S/C=C/c3ccc([N+](=O)[O-])o3)nc3ccccc3c2=O)cc1OC. The fourth-order valence-electron chi connectivity index (χ4n) is 3.07. The molecule has 0 N–H and O–H groups in total. The lowest BCUT2D eigenvalue weighted by molar-refractivity contribution is -0.402. The molecule has 0 saturated carbocycles. The molecular weight excluding hydrogens is 434 g/mol. The predicted octanol–water partition coefficient (Wildman–Crippen LogP) is 4.67. The van der Waals surface area contributed by atoms with E-state index in [1.807, 2.05) is 6.07 Å². The summed E-state index contributed by atoms with van der Waals surface area (Å²) in [6, 6.07) is 15.0. The Kier molecular flexibility index (Phi) is 5.95. The minimum Gasteiger partial charge on any atom is -0.493 e. The van der Waals surface area contributed by atoms with Gasteiger partial charge in [0.1, 0.15) is 10.7 Å². The summed E-state index contributed by atoms with van der Waals surface area (Å²) in [6.07, 6.45) is 1.57. The third-order valence-corrected chi connectivity index (χ3v) is 5.33. The number of para-hydroxylation sites is 1. The van der Waals surface area contributed by atoms with Crippen LogP contribution in [0.3, 0.4) is 0 Å².